The van der Waals surface area contributed by atoms with Crippen LogP contribution >= 0.6 is 12.4 Å². The van der Waals surface area contributed by atoms with Crippen molar-refractivity contribution >= 4 is 18.3 Å². The molecule has 0 bridgehead atoms. The van der Waals surface area contributed by atoms with Gasteiger partial charge in [0.05, 0.1) is 12.3 Å². The molecule has 0 aliphatic heterocycles. The molecular formula is C14H19ClN4O2. The van der Waals surface area contributed by atoms with E-state index < -0.39 is 6.04 Å². The number of nitrogens with two attached hydrogens (primary N) is 1. The summed E-state index contributed by atoms with van der Waals surface area (Å²) in [5.41, 5.74) is 7.57. The summed E-state index contributed by atoms with van der Waals surface area (Å²) >= 11 is 0. The number of ether oxygens (including phenoxy) is 1. The number of para-hydroxylation sites is 1. The van der Waals surface area contributed by atoms with Crippen LogP contribution in [0.2, 0.25) is 0 Å². The minimum atomic E-state index is -0.656. The normalized spacial score (nSPS) is 11.5. The average Bonchev–Trinajstić information content (AvgIpc) is 2.99. The van der Waals surface area contributed by atoms with E-state index in [0.717, 1.165) is 11.3 Å². The molecule has 2 aromatic rings. The number of hydrogen-bond acceptors (Lipinski definition) is 4. The van der Waals surface area contributed by atoms with Crippen LogP contribution in [-0.2, 0) is 16.1 Å². The molecule has 0 spiro atoms. The fourth-order valence-corrected chi connectivity index (χ4v) is 1.86. The highest BCUT2D eigenvalue weighted by molar-refractivity contribution is 5.85. The Bertz CT molecular complexity index is 560. The second-order valence-electron chi connectivity index (χ2n) is 4.36. The first-order valence-electron chi connectivity index (χ1n) is 6.32. The van der Waals surface area contributed by atoms with Crippen LogP contribution in [0.5, 0.6) is 0 Å². The van der Waals surface area contributed by atoms with Crippen molar-refractivity contribution < 1.29 is 9.53 Å². The molecule has 1 atom stereocenters. The van der Waals surface area contributed by atoms with Crippen LogP contribution in [-0.4, -0.2) is 35.4 Å². The lowest BCUT2D eigenvalue weighted by atomic mass is 10.1. The molecule has 0 aliphatic carbocycles. The predicted octanol–water partition coefficient (Wildman–Crippen LogP) is 0.884. The fraction of sp³-hybridized carbons (Fsp3) is 0.286. The highest BCUT2D eigenvalue weighted by Gasteiger charge is 2.13. The van der Waals surface area contributed by atoms with Gasteiger partial charge in [-0.2, -0.15) is 5.10 Å². The third-order valence-corrected chi connectivity index (χ3v) is 2.88. The topological polar surface area (TPSA) is 82.2 Å². The van der Waals surface area contributed by atoms with E-state index in [4.69, 9.17) is 10.5 Å². The van der Waals surface area contributed by atoms with Gasteiger partial charge < -0.3 is 15.8 Å². The average molecular weight is 311 g/mol. The quantitative estimate of drug-likeness (QED) is 0.830. The molecule has 1 aromatic heterocycles. The molecule has 2 rings (SSSR count). The number of benzene rings is 1. The van der Waals surface area contributed by atoms with E-state index in [1.807, 2.05) is 36.5 Å². The van der Waals surface area contributed by atoms with Gasteiger partial charge in [0.15, 0.2) is 0 Å². The Kier molecular flexibility index (Phi) is 6.87. The van der Waals surface area contributed by atoms with E-state index in [9.17, 15) is 4.79 Å². The zero-order valence-electron chi connectivity index (χ0n) is 11.7. The molecule has 1 heterocycles. The number of carbonyl (C=O) groups excluding carboxylic acids is 1. The molecule has 1 amide bonds. The molecule has 0 fully saturated rings. The molecule has 7 heteroatoms. The second-order valence-corrected chi connectivity index (χ2v) is 4.36. The largest absolute Gasteiger partial charge is 0.383 e. The lowest BCUT2D eigenvalue weighted by Gasteiger charge is -2.13. The van der Waals surface area contributed by atoms with E-state index in [1.165, 1.54) is 7.11 Å². The maximum absolute atomic E-state index is 11.8. The van der Waals surface area contributed by atoms with Crippen LogP contribution < -0.4 is 11.1 Å². The number of rotatable bonds is 6. The van der Waals surface area contributed by atoms with Gasteiger partial charge in [-0.15, -0.1) is 12.4 Å². The lowest BCUT2D eigenvalue weighted by molar-refractivity contribution is -0.123. The first-order valence-corrected chi connectivity index (χ1v) is 6.32. The van der Waals surface area contributed by atoms with Crippen LogP contribution in [0, 0.1) is 0 Å². The molecule has 1 unspecified atom stereocenters. The third-order valence-electron chi connectivity index (χ3n) is 2.88. The summed E-state index contributed by atoms with van der Waals surface area (Å²) < 4.78 is 6.62. The van der Waals surface area contributed by atoms with Crippen molar-refractivity contribution in [1.29, 1.82) is 0 Å². The maximum Gasteiger partial charge on any atom is 0.239 e. The van der Waals surface area contributed by atoms with Crippen molar-refractivity contribution in [3.8, 4) is 5.69 Å². The Hall–Kier alpha value is -1.89. The summed E-state index contributed by atoms with van der Waals surface area (Å²) in [5, 5.41) is 7.00. The van der Waals surface area contributed by atoms with Gasteiger partial charge in [0.2, 0.25) is 5.91 Å². The van der Waals surface area contributed by atoms with Gasteiger partial charge in [0, 0.05) is 26.0 Å². The highest BCUT2D eigenvalue weighted by atomic mass is 35.5. The van der Waals surface area contributed by atoms with Crippen molar-refractivity contribution in [3.05, 3.63) is 48.3 Å². The van der Waals surface area contributed by atoms with Crippen molar-refractivity contribution in [2.24, 2.45) is 5.73 Å². The first-order chi connectivity index (χ1) is 9.72. The summed E-state index contributed by atoms with van der Waals surface area (Å²) in [6.45, 7) is 0.596. The summed E-state index contributed by atoms with van der Waals surface area (Å²) in [5.74, 6) is -0.234. The monoisotopic (exact) mass is 310 g/mol. The predicted molar refractivity (Wildman–Crippen MR) is 82.5 cm³/mol. The van der Waals surface area contributed by atoms with Gasteiger partial charge in [-0.1, -0.05) is 18.2 Å². The molecule has 3 N–H and O–H groups in total. The van der Waals surface area contributed by atoms with E-state index in [-0.39, 0.29) is 24.9 Å². The first kappa shape index (κ1) is 17.2. The van der Waals surface area contributed by atoms with Crippen LogP contribution in [0.3, 0.4) is 0 Å². The van der Waals surface area contributed by atoms with Crippen LogP contribution in [0.4, 0.5) is 0 Å². The van der Waals surface area contributed by atoms with Gasteiger partial charge >= 0.3 is 0 Å². The van der Waals surface area contributed by atoms with Crippen molar-refractivity contribution in [2.75, 3.05) is 13.7 Å². The molecule has 0 aliphatic rings. The number of methoxy groups -OCH3 is 1. The summed E-state index contributed by atoms with van der Waals surface area (Å²) in [6.07, 6.45) is 3.57. The Morgan fingerprint density at radius 2 is 2.19 bits per heavy atom. The Balaban J connectivity index is 0.00000220. The highest BCUT2D eigenvalue weighted by Crippen LogP contribution is 2.13. The molecule has 114 valence electrons. The van der Waals surface area contributed by atoms with E-state index >= 15 is 0 Å². The van der Waals surface area contributed by atoms with Gasteiger partial charge in [0.25, 0.3) is 0 Å². The zero-order valence-corrected chi connectivity index (χ0v) is 12.5. The SMILES string of the molecule is COCC(N)C(=O)NCc1ccccc1-n1cccn1.Cl. The van der Waals surface area contributed by atoms with Crippen molar-refractivity contribution in [2.45, 2.75) is 12.6 Å². The summed E-state index contributed by atoms with van der Waals surface area (Å²) in [6, 6.07) is 8.94. The van der Waals surface area contributed by atoms with E-state index in [0.29, 0.717) is 6.54 Å². The smallest absolute Gasteiger partial charge is 0.239 e. The molecule has 0 radical (unpaired) electrons. The Labute approximate surface area is 129 Å². The zero-order chi connectivity index (χ0) is 14.4. The number of carbonyl (C=O) groups is 1. The molecular weight excluding hydrogens is 292 g/mol. The standard InChI is InChI=1S/C14H18N4O2.ClH/c1-20-10-12(15)14(19)16-9-11-5-2-3-6-13(11)18-8-4-7-17-18;/h2-8,12H,9-10,15H2,1H3,(H,16,19);1H. The number of nitrogens with one attached hydrogen (secondary N) is 1. The van der Waals surface area contributed by atoms with Gasteiger partial charge in [0.1, 0.15) is 6.04 Å². The second kappa shape index (κ2) is 8.41. The van der Waals surface area contributed by atoms with E-state index in [2.05, 4.69) is 10.4 Å². The molecule has 1 aromatic carbocycles. The van der Waals surface area contributed by atoms with Crippen LogP contribution in [0.15, 0.2) is 42.7 Å². The van der Waals surface area contributed by atoms with Crippen LogP contribution in [0.25, 0.3) is 5.69 Å². The number of nitrogens with zero attached hydrogens (tertiary/aromatic N) is 2. The molecule has 21 heavy (non-hydrogen) atoms. The van der Waals surface area contributed by atoms with E-state index in [1.54, 1.807) is 10.9 Å². The van der Waals surface area contributed by atoms with Gasteiger partial charge in [-0.25, -0.2) is 4.68 Å². The summed E-state index contributed by atoms with van der Waals surface area (Å²) in [4.78, 5) is 11.8. The van der Waals surface area contributed by atoms with Gasteiger partial charge in [-0.3, -0.25) is 4.79 Å². The fourth-order valence-electron chi connectivity index (χ4n) is 1.86. The number of hydrogen-bond donors (Lipinski definition) is 2. The summed E-state index contributed by atoms with van der Waals surface area (Å²) in [7, 11) is 1.51. The van der Waals surface area contributed by atoms with Gasteiger partial charge in [-0.05, 0) is 17.7 Å². The third kappa shape index (κ3) is 4.56. The molecule has 0 saturated carbocycles. The molecule has 6 nitrogen and oxygen atoms in total. The number of aromatic nitrogens is 2. The number of amides is 1. The van der Waals surface area contributed by atoms with Crippen molar-refractivity contribution in [1.82, 2.24) is 15.1 Å². The minimum Gasteiger partial charge on any atom is -0.383 e. The Morgan fingerprint density at radius 1 is 1.43 bits per heavy atom. The maximum atomic E-state index is 11.8. The Morgan fingerprint density at radius 3 is 2.86 bits per heavy atom. The number of halogens is 1. The minimum absolute atomic E-state index is 0. The molecule has 0 saturated heterocycles. The van der Waals surface area contributed by atoms with Crippen LogP contribution in [0.1, 0.15) is 5.56 Å². The van der Waals surface area contributed by atoms with Crippen molar-refractivity contribution in [3.63, 3.8) is 0 Å². The lowest BCUT2D eigenvalue weighted by Crippen LogP contribution is -2.43.